The molecule has 0 radical (unpaired) electrons. The number of amides is 1. The highest BCUT2D eigenvalue weighted by molar-refractivity contribution is 7.99. The number of halogens is 5. The SMILES string of the molecule is Cn1c(SCC(=O)Nc2cc(Cl)cc(Cl)c2)nnc1C(F)(F)F. The van der Waals surface area contributed by atoms with Gasteiger partial charge in [-0.25, -0.2) is 0 Å². The topological polar surface area (TPSA) is 59.8 Å². The van der Waals surface area contributed by atoms with Gasteiger partial charge in [0.2, 0.25) is 11.7 Å². The summed E-state index contributed by atoms with van der Waals surface area (Å²) in [5.74, 6) is -1.71. The molecule has 1 amide bonds. The van der Waals surface area contributed by atoms with Crippen LogP contribution in [0.5, 0.6) is 0 Å². The van der Waals surface area contributed by atoms with Crippen molar-refractivity contribution in [1.82, 2.24) is 14.8 Å². The molecule has 0 unspecified atom stereocenters. The van der Waals surface area contributed by atoms with Crippen molar-refractivity contribution in [3.8, 4) is 0 Å². The number of aromatic nitrogens is 3. The maximum atomic E-state index is 12.6. The Kier molecular flexibility index (Phi) is 5.43. The fraction of sp³-hybridized carbons (Fsp3) is 0.250. The van der Waals surface area contributed by atoms with E-state index in [0.717, 1.165) is 16.3 Å². The Labute approximate surface area is 143 Å². The standard InChI is InChI=1S/C12H9Cl2F3N4OS/c1-21-10(12(15,16)17)19-20-11(21)23-5-9(22)18-8-3-6(13)2-7(14)4-8/h2-4H,5H2,1H3,(H,18,22). The van der Waals surface area contributed by atoms with Crippen molar-refractivity contribution in [2.45, 2.75) is 11.3 Å². The third-order valence-corrected chi connectivity index (χ3v) is 4.02. The number of rotatable bonds is 4. The van der Waals surface area contributed by atoms with Gasteiger partial charge in [-0.1, -0.05) is 35.0 Å². The predicted octanol–water partition coefficient (Wildman–Crippen LogP) is 3.87. The molecule has 0 fully saturated rings. The van der Waals surface area contributed by atoms with Gasteiger partial charge < -0.3 is 9.88 Å². The smallest absolute Gasteiger partial charge is 0.325 e. The summed E-state index contributed by atoms with van der Waals surface area (Å²) in [4.78, 5) is 11.8. The maximum Gasteiger partial charge on any atom is 0.451 e. The largest absolute Gasteiger partial charge is 0.451 e. The summed E-state index contributed by atoms with van der Waals surface area (Å²) in [6, 6.07) is 4.51. The lowest BCUT2D eigenvalue weighted by atomic mass is 10.3. The van der Waals surface area contributed by atoms with E-state index < -0.39 is 17.9 Å². The van der Waals surface area contributed by atoms with Gasteiger partial charge in [-0.3, -0.25) is 4.79 Å². The van der Waals surface area contributed by atoms with Gasteiger partial charge in [0.15, 0.2) is 5.16 Å². The average molecular weight is 385 g/mol. The monoisotopic (exact) mass is 384 g/mol. The zero-order valence-corrected chi connectivity index (χ0v) is 13.8. The number of hydrogen-bond acceptors (Lipinski definition) is 4. The molecule has 1 N–H and O–H groups in total. The molecule has 0 aliphatic rings. The lowest BCUT2D eigenvalue weighted by molar-refractivity contribution is -0.147. The quantitative estimate of drug-likeness (QED) is 0.812. The van der Waals surface area contributed by atoms with Gasteiger partial charge >= 0.3 is 6.18 Å². The third-order valence-electron chi connectivity index (χ3n) is 2.57. The van der Waals surface area contributed by atoms with E-state index in [1.54, 1.807) is 0 Å². The van der Waals surface area contributed by atoms with E-state index >= 15 is 0 Å². The molecular formula is C12H9Cl2F3N4OS. The Bertz CT molecular complexity index is 715. The maximum absolute atomic E-state index is 12.6. The summed E-state index contributed by atoms with van der Waals surface area (Å²) in [7, 11) is 1.18. The van der Waals surface area contributed by atoms with Crippen molar-refractivity contribution in [2.75, 3.05) is 11.1 Å². The van der Waals surface area contributed by atoms with Crippen LogP contribution in [-0.2, 0) is 18.0 Å². The molecule has 23 heavy (non-hydrogen) atoms. The fourth-order valence-corrected chi connectivity index (χ4v) is 2.88. The minimum Gasteiger partial charge on any atom is -0.325 e. The highest BCUT2D eigenvalue weighted by Gasteiger charge is 2.37. The van der Waals surface area contributed by atoms with Gasteiger partial charge in [-0.15, -0.1) is 10.2 Å². The lowest BCUT2D eigenvalue weighted by Crippen LogP contribution is -2.15. The zero-order chi connectivity index (χ0) is 17.2. The molecule has 0 saturated heterocycles. The van der Waals surface area contributed by atoms with Gasteiger partial charge in [-0.2, -0.15) is 13.2 Å². The lowest BCUT2D eigenvalue weighted by Gasteiger charge is -2.07. The van der Waals surface area contributed by atoms with Gasteiger partial charge in [0.25, 0.3) is 0 Å². The zero-order valence-electron chi connectivity index (χ0n) is 11.5. The van der Waals surface area contributed by atoms with E-state index in [-0.39, 0.29) is 10.9 Å². The van der Waals surface area contributed by atoms with Crippen LogP contribution in [0.1, 0.15) is 5.82 Å². The van der Waals surface area contributed by atoms with Crippen molar-refractivity contribution in [3.63, 3.8) is 0 Å². The first-order chi connectivity index (χ1) is 10.7. The third kappa shape index (κ3) is 4.76. The van der Waals surface area contributed by atoms with Crippen LogP contribution < -0.4 is 5.32 Å². The second-order valence-corrected chi connectivity index (χ2v) is 6.17. The number of benzene rings is 1. The van der Waals surface area contributed by atoms with Crippen molar-refractivity contribution >= 4 is 46.6 Å². The molecule has 0 saturated carbocycles. The van der Waals surface area contributed by atoms with Crippen LogP contribution in [0.15, 0.2) is 23.4 Å². The molecule has 1 aromatic heterocycles. The van der Waals surface area contributed by atoms with Crippen LogP contribution in [0.4, 0.5) is 18.9 Å². The van der Waals surface area contributed by atoms with Crippen LogP contribution in [0.25, 0.3) is 0 Å². The Morgan fingerprint density at radius 2 is 1.87 bits per heavy atom. The fourth-order valence-electron chi connectivity index (χ4n) is 1.64. The molecule has 124 valence electrons. The molecule has 0 spiro atoms. The number of alkyl halides is 3. The van der Waals surface area contributed by atoms with Gasteiger partial charge in [0.1, 0.15) is 0 Å². The number of nitrogens with one attached hydrogen (secondary N) is 1. The van der Waals surface area contributed by atoms with Crippen molar-refractivity contribution in [3.05, 3.63) is 34.1 Å². The van der Waals surface area contributed by atoms with E-state index in [1.165, 1.54) is 25.2 Å². The van der Waals surface area contributed by atoms with E-state index in [4.69, 9.17) is 23.2 Å². The van der Waals surface area contributed by atoms with E-state index in [2.05, 4.69) is 15.5 Å². The average Bonchev–Trinajstić information content (AvgIpc) is 2.76. The molecule has 1 aromatic carbocycles. The molecule has 2 rings (SSSR count). The van der Waals surface area contributed by atoms with Crippen molar-refractivity contribution < 1.29 is 18.0 Å². The van der Waals surface area contributed by atoms with Gasteiger partial charge in [0, 0.05) is 22.8 Å². The molecule has 0 aliphatic carbocycles. The minimum atomic E-state index is -4.60. The van der Waals surface area contributed by atoms with E-state index in [9.17, 15) is 18.0 Å². The summed E-state index contributed by atoms with van der Waals surface area (Å²) in [6.45, 7) is 0. The first-order valence-electron chi connectivity index (χ1n) is 6.02. The predicted molar refractivity (Wildman–Crippen MR) is 81.8 cm³/mol. The molecule has 0 aliphatic heterocycles. The van der Waals surface area contributed by atoms with E-state index in [0.29, 0.717) is 15.7 Å². The number of nitrogens with zero attached hydrogens (tertiary/aromatic N) is 3. The van der Waals surface area contributed by atoms with Crippen LogP contribution in [0, 0.1) is 0 Å². The van der Waals surface area contributed by atoms with Crippen molar-refractivity contribution in [2.24, 2.45) is 7.05 Å². The molecule has 1 heterocycles. The second-order valence-electron chi connectivity index (χ2n) is 4.36. The summed E-state index contributed by atoms with van der Waals surface area (Å²) in [6.07, 6.45) is -4.60. The first-order valence-corrected chi connectivity index (χ1v) is 7.76. The Morgan fingerprint density at radius 3 is 2.39 bits per heavy atom. The van der Waals surface area contributed by atoms with Crippen LogP contribution in [-0.4, -0.2) is 26.4 Å². The number of carbonyl (C=O) groups excluding carboxylic acids is 1. The number of thioether (sulfide) groups is 1. The first kappa shape index (κ1) is 17.9. The summed E-state index contributed by atoms with van der Waals surface area (Å²) < 4.78 is 38.5. The number of anilines is 1. The normalized spacial score (nSPS) is 11.6. The van der Waals surface area contributed by atoms with Crippen LogP contribution in [0.2, 0.25) is 10.0 Å². The Hall–Kier alpha value is -1.45. The summed E-state index contributed by atoms with van der Waals surface area (Å²) in [5.41, 5.74) is 0.391. The summed E-state index contributed by atoms with van der Waals surface area (Å²) >= 11 is 12.4. The molecule has 5 nitrogen and oxygen atoms in total. The molecule has 2 aromatic rings. The van der Waals surface area contributed by atoms with Crippen molar-refractivity contribution in [1.29, 1.82) is 0 Å². The van der Waals surface area contributed by atoms with Crippen LogP contribution in [0.3, 0.4) is 0 Å². The van der Waals surface area contributed by atoms with Gasteiger partial charge in [-0.05, 0) is 18.2 Å². The molecule has 0 bridgehead atoms. The molecule has 0 atom stereocenters. The number of hydrogen-bond donors (Lipinski definition) is 1. The molecule has 11 heteroatoms. The highest BCUT2D eigenvalue weighted by Crippen LogP contribution is 2.29. The Balaban J connectivity index is 1.98. The molecular weight excluding hydrogens is 376 g/mol. The van der Waals surface area contributed by atoms with Crippen LogP contribution >= 0.6 is 35.0 Å². The van der Waals surface area contributed by atoms with Gasteiger partial charge in [0.05, 0.1) is 5.75 Å². The summed E-state index contributed by atoms with van der Waals surface area (Å²) in [5, 5.41) is 9.72. The highest BCUT2D eigenvalue weighted by atomic mass is 35.5. The Morgan fingerprint density at radius 1 is 1.26 bits per heavy atom. The van der Waals surface area contributed by atoms with E-state index in [1.807, 2.05) is 0 Å². The minimum absolute atomic E-state index is 0.0170. The number of carbonyl (C=O) groups is 1. The second kappa shape index (κ2) is 6.98.